The fourth-order valence-corrected chi connectivity index (χ4v) is 2.25. The van der Waals surface area contributed by atoms with Crippen LogP contribution in [0.2, 0.25) is 0 Å². The van der Waals surface area contributed by atoms with Crippen molar-refractivity contribution in [2.75, 3.05) is 19.5 Å². The molecule has 0 saturated carbocycles. The summed E-state index contributed by atoms with van der Waals surface area (Å²) in [5, 5.41) is 2.41. The topological polar surface area (TPSA) is 84.7 Å². The fourth-order valence-electron chi connectivity index (χ4n) is 2.25. The van der Waals surface area contributed by atoms with Gasteiger partial charge in [0.15, 0.2) is 11.6 Å². The van der Waals surface area contributed by atoms with Crippen molar-refractivity contribution in [3.63, 3.8) is 0 Å². The summed E-state index contributed by atoms with van der Waals surface area (Å²) in [6.45, 7) is 0.229. The second-order valence-corrected chi connectivity index (χ2v) is 5.20. The van der Waals surface area contributed by atoms with Gasteiger partial charge in [0.05, 0.1) is 7.11 Å². The molecule has 3 amide bonds. The third kappa shape index (κ3) is 4.22. The zero-order valence-electron chi connectivity index (χ0n) is 13.4. The van der Waals surface area contributed by atoms with Crippen LogP contribution in [0, 0.1) is 5.82 Å². The summed E-state index contributed by atoms with van der Waals surface area (Å²) < 4.78 is 18.6. The van der Waals surface area contributed by atoms with Crippen molar-refractivity contribution >= 4 is 17.6 Å². The van der Waals surface area contributed by atoms with E-state index in [1.54, 1.807) is 31.3 Å². The molecule has 0 radical (unpaired) electrons. The molecule has 126 valence electrons. The molecule has 6 nitrogen and oxygen atoms in total. The Kier molecular flexibility index (Phi) is 5.36. The Balaban J connectivity index is 2.12. The Morgan fingerprint density at radius 2 is 2.00 bits per heavy atom. The Bertz CT molecular complexity index is 764. The fraction of sp³-hybridized carbons (Fsp3) is 0.176. The molecule has 0 aliphatic heterocycles. The molecule has 0 spiro atoms. The Morgan fingerprint density at radius 1 is 1.25 bits per heavy atom. The first-order chi connectivity index (χ1) is 11.4. The summed E-state index contributed by atoms with van der Waals surface area (Å²) in [5.74, 6) is -0.596. The van der Waals surface area contributed by atoms with E-state index in [4.69, 9.17) is 10.5 Å². The lowest BCUT2D eigenvalue weighted by molar-refractivity contribution is 0.0785. The van der Waals surface area contributed by atoms with Crippen molar-refractivity contribution in [1.82, 2.24) is 4.90 Å². The van der Waals surface area contributed by atoms with Crippen LogP contribution < -0.4 is 15.8 Å². The van der Waals surface area contributed by atoms with Crippen LogP contribution in [0.15, 0.2) is 42.5 Å². The van der Waals surface area contributed by atoms with Crippen molar-refractivity contribution in [2.45, 2.75) is 6.54 Å². The normalized spacial score (nSPS) is 10.1. The maximum atomic E-state index is 13.7. The van der Waals surface area contributed by atoms with E-state index in [1.807, 2.05) is 0 Å². The lowest BCUT2D eigenvalue weighted by atomic mass is 10.1. The molecule has 7 heteroatoms. The Morgan fingerprint density at radius 3 is 2.62 bits per heavy atom. The number of amides is 3. The van der Waals surface area contributed by atoms with E-state index in [-0.39, 0.29) is 18.2 Å². The van der Waals surface area contributed by atoms with Gasteiger partial charge in [-0.15, -0.1) is 0 Å². The summed E-state index contributed by atoms with van der Waals surface area (Å²) >= 11 is 0. The number of nitrogens with one attached hydrogen (secondary N) is 1. The molecule has 2 aromatic carbocycles. The van der Waals surface area contributed by atoms with E-state index in [2.05, 4.69) is 5.32 Å². The summed E-state index contributed by atoms with van der Waals surface area (Å²) in [4.78, 5) is 24.8. The monoisotopic (exact) mass is 331 g/mol. The number of anilines is 1. The van der Waals surface area contributed by atoms with Gasteiger partial charge in [0.2, 0.25) is 0 Å². The first kappa shape index (κ1) is 17.3. The second-order valence-electron chi connectivity index (χ2n) is 5.20. The van der Waals surface area contributed by atoms with Crippen molar-refractivity contribution in [2.24, 2.45) is 5.73 Å². The number of rotatable bonds is 5. The molecule has 0 aromatic heterocycles. The molecule has 2 aromatic rings. The SMILES string of the molecule is COc1ccc(CN(C)C(=O)c2cccc(NC(N)=O)c2)cc1F. The lowest BCUT2D eigenvalue weighted by Crippen LogP contribution is -2.26. The van der Waals surface area contributed by atoms with E-state index in [0.717, 1.165) is 0 Å². The molecule has 0 bridgehead atoms. The van der Waals surface area contributed by atoms with Crippen molar-refractivity contribution < 1.29 is 18.7 Å². The molecule has 0 heterocycles. The molecule has 0 atom stereocenters. The third-order valence-electron chi connectivity index (χ3n) is 3.36. The Labute approximate surface area is 139 Å². The Hall–Kier alpha value is -3.09. The van der Waals surface area contributed by atoms with Crippen LogP contribution in [0.3, 0.4) is 0 Å². The smallest absolute Gasteiger partial charge is 0.316 e. The van der Waals surface area contributed by atoms with Crippen molar-refractivity contribution in [3.05, 3.63) is 59.4 Å². The molecule has 0 unspecified atom stereocenters. The molecule has 3 N–H and O–H groups in total. The highest BCUT2D eigenvalue weighted by molar-refractivity contribution is 5.96. The van der Waals surface area contributed by atoms with Gasteiger partial charge in [-0.25, -0.2) is 9.18 Å². The van der Waals surface area contributed by atoms with E-state index in [1.165, 1.54) is 30.2 Å². The van der Waals surface area contributed by atoms with Gasteiger partial charge in [-0.05, 0) is 35.9 Å². The number of methoxy groups -OCH3 is 1. The zero-order valence-corrected chi connectivity index (χ0v) is 13.4. The number of ether oxygens (including phenoxy) is 1. The first-order valence-corrected chi connectivity index (χ1v) is 7.15. The molecule has 0 fully saturated rings. The third-order valence-corrected chi connectivity index (χ3v) is 3.36. The van der Waals surface area contributed by atoms with Crippen LogP contribution in [0.1, 0.15) is 15.9 Å². The number of hydrogen-bond acceptors (Lipinski definition) is 3. The quantitative estimate of drug-likeness (QED) is 0.883. The predicted molar refractivity (Wildman–Crippen MR) is 88.4 cm³/mol. The van der Waals surface area contributed by atoms with Gasteiger partial charge in [0.1, 0.15) is 0 Å². The highest BCUT2D eigenvalue weighted by Crippen LogP contribution is 2.19. The maximum absolute atomic E-state index is 13.7. The summed E-state index contributed by atoms with van der Waals surface area (Å²) in [5.41, 5.74) is 6.51. The number of halogens is 1. The summed E-state index contributed by atoms with van der Waals surface area (Å²) in [7, 11) is 3.00. The van der Waals surface area contributed by atoms with Gasteiger partial charge in [-0.1, -0.05) is 12.1 Å². The average Bonchev–Trinajstić information content (AvgIpc) is 2.54. The van der Waals surface area contributed by atoms with E-state index in [9.17, 15) is 14.0 Å². The minimum atomic E-state index is -0.707. The van der Waals surface area contributed by atoms with Crippen LogP contribution in [-0.4, -0.2) is 31.0 Å². The minimum Gasteiger partial charge on any atom is -0.494 e. The molecule has 0 aliphatic carbocycles. The standard InChI is InChI=1S/C17H18FN3O3/c1-21(10-11-6-7-15(24-2)14(18)8-11)16(22)12-4-3-5-13(9-12)20-17(19)23/h3-9H,10H2,1-2H3,(H3,19,20,23). The highest BCUT2D eigenvalue weighted by Gasteiger charge is 2.14. The molecule has 0 aliphatic rings. The number of primary amides is 1. The molecule has 24 heavy (non-hydrogen) atoms. The van der Waals surface area contributed by atoms with Gasteiger partial charge in [-0.3, -0.25) is 4.79 Å². The first-order valence-electron chi connectivity index (χ1n) is 7.15. The number of nitrogens with zero attached hydrogens (tertiary/aromatic N) is 1. The maximum Gasteiger partial charge on any atom is 0.316 e. The molecular formula is C17H18FN3O3. The van der Waals surface area contributed by atoms with Crippen LogP contribution in [-0.2, 0) is 6.54 Å². The number of urea groups is 1. The van der Waals surface area contributed by atoms with Crippen LogP contribution >= 0.6 is 0 Å². The zero-order chi connectivity index (χ0) is 17.7. The summed E-state index contributed by atoms with van der Waals surface area (Å²) in [6.07, 6.45) is 0. The van der Waals surface area contributed by atoms with E-state index in [0.29, 0.717) is 16.8 Å². The molecule has 0 saturated heterocycles. The van der Waals surface area contributed by atoms with Crippen molar-refractivity contribution in [3.8, 4) is 5.75 Å². The van der Waals surface area contributed by atoms with Gasteiger partial charge >= 0.3 is 6.03 Å². The average molecular weight is 331 g/mol. The largest absolute Gasteiger partial charge is 0.494 e. The molecule has 2 rings (SSSR count). The van der Waals surface area contributed by atoms with Crippen molar-refractivity contribution in [1.29, 1.82) is 0 Å². The van der Waals surface area contributed by atoms with Gasteiger partial charge in [-0.2, -0.15) is 0 Å². The number of carbonyl (C=O) groups is 2. The summed E-state index contributed by atoms with van der Waals surface area (Å²) in [6, 6.07) is 10.2. The van der Waals surface area contributed by atoms with Gasteiger partial charge < -0.3 is 20.7 Å². The van der Waals surface area contributed by atoms with Crippen LogP contribution in [0.25, 0.3) is 0 Å². The van der Waals surface area contributed by atoms with Gasteiger partial charge in [0.25, 0.3) is 5.91 Å². The number of hydrogen-bond donors (Lipinski definition) is 2. The number of nitrogens with two attached hydrogens (primary N) is 1. The molecular weight excluding hydrogens is 313 g/mol. The second kappa shape index (κ2) is 7.45. The van der Waals surface area contributed by atoms with E-state index < -0.39 is 11.8 Å². The highest BCUT2D eigenvalue weighted by atomic mass is 19.1. The van der Waals surface area contributed by atoms with Crippen LogP contribution in [0.4, 0.5) is 14.9 Å². The minimum absolute atomic E-state index is 0.151. The number of carbonyl (C=O) groups excluding carboxylic acids is 2. The predicted octanol–water partition coefficient (Wildman–Crippen LogP) is 2.60. The van der Waals surface area contributed by atoms with Gasteiger partial charge in [0, 0.05) is 24.8 Å². The van der Waals surface area contributed by atoms with E-state index >= 15 is 0 Å². The number of benzene rings is 2. The lowest BCUT2D eigenvalue weighted by Gasteiger charge is -2.18. The van der Waals surface area contributed by atoms with Crippen LogP contribution in [0.5, 0.6) is 5.75 Å².